The van der Waals surface area contributed by atoms with Gasteiger partial charge < -0.3 is 15.5 Å². The fraction of sp³-hybridized carbons (Fsp3) is 0.704. The van der Waals surface area contributed by atoms with Crippen LogP contribution in [0.25, 0.3) is 0 Å². The van der Waals surface area contributed by atoms with Gasteiger partial charge in [-0.2, -0.15) is 0 Å². The molecule has 0 amide bonds. The Balaban J connectivity index is 1.65. The molecule has 3 aliphatic carbocycles. The molecule has 1 aromatic carbocycles. The number of hydrogen-bond donors (Lipinski definition) is 3. The van der Waals surface area contributed by atoms with Crippen molar-refractivity contribution in [2.24, 2.45) is 22.7 Å². The smallest absolute Gasteiger partial charge is 0.115 e. The Hall–Kier alpha value is -1.32. The molecule has 0 aromatic heterocycles. The third-order valence-electron chi connectivity index (χ3n) is 9.11. The van der Waals surface area contributed by atoms with Gasteiger partial charge in [0.05, 0.1) is 6.10 Å². The molecule has 6 atom stereocenters. The maximum atomic E-state index is 11.0. The van der Waals surface area contributed by atoms with E-state index in [9.17, 15) is 10.2 Å². The van der Waals surface area contributed by atoms with Gasteiger partial charge in [-0.1, -0.05) is 38.3 Å². The van der Waals surface area contributed by atoms with Crippen LogP contribution in [-0.2, 0) is 6.42 Å². The second-order valence-electron chi connectivity index (χ2n) is 10.6. The quantitative estimate of drug-likeness (QED) is 0.388. The molecular weight excluding hydrogens is 370 g/mol. The topological polar surface area (TPSA) is 52.5 Å². The molecule has 30 heavy (non-hydrogen) atoms. The molecule has 2 fully saturated rings. The van der Waals surface area contributed by atoms with Crippen LogP contribution < -0.4 is 5.32 Å². The Labute approximate surface area is 183 Å². The standard InChI is InChI=1S/C27H41NO2/c1-4-27-15-14-19-17-21(29)10-11-22(19)25(27)20(9-7-5-6-8-16-28-3)18-26(2)23(27)12-13-24(26)30/h4,10-11,17,20,23-25,28-30H,1,5-9,12-16,18H2,2-3H3/t20-,23+,24-,25+,26-,27?/m0/s1. The second kappa shape index (κ2) is 8.67. The molecule has 3 aliphatic rings. The lowest BCUT2D eigenvalue weighted by molar-refractivity contribution is -0.0812. The average Bonchev–Trinajstić information content (AvgIpc) is 3.04. The van der Waals surface area contributed by atoms with E-state index in [-0.39, 0.29) is 16.9 Å². The van der Waals surface area contributed by atoms with Crippen molar-refractivity contribution in [2.45, 2.75) is 83.2 Å². The maximum Gasteiger partial charge on any atom is 0.115 e. The average molecular weight is 412 g/mol. The number of benzene rings is 1. The van der Waals surface area contributed by atoms with Crippen LogP contribution in [-0.4, -0.2) is 29.9 Å². The molecule has 3 N–H and O–H groups in total. The minimum absolute atomic E-state index is 0.00983. The van der Waals surface area contributed by atoms with Crippen molar-refractivity contribution in [3.05, 3.63) is 42.0 Å². The van der Waals surface area contributed by atoms with Crippen molar-refractivity contribution in [1.82, 2.24) is 5.32 Å². The number of rotatable bonds is 8. The normalized spacial score (nSPS) is 37.3. The van der Waals surface area contributed by atoms with Crippen molar-refractivity contribution in [2.75, 3.05) is 13.6 Å². The highest BCUT2D eigenvalue weighted by atomic mass is 16.3. The summed E-state index contributed by atoms with van der Waals surface area (Å²) < 4.78 is 0. The van der Waals surface area contributed by atoms with Crippen LogP contribution in [0, 0.1) is 22.7 Å². The van der Waals surface area contributed by atoms with E-state index in [1.807, 2.05) is 19.2 Å². The maximum absolute atomic E-state index is 11.0. The Morgan fingerprint density at radius 1 is 1.20 bits per heavy atom. The first-order valence-electron chi connectivity index (χ1n) is 12.2. The van der Waals surface area contributed by atoms with E-state index < -0.39 is 0 Å². The minimum Gasteiger partial charge on any atom is -0.508 e. The summed E-state index contributed by atoms with van der Waals surface area (Å²) in [6.45, 7) is 7.86. The highest BCUT2D eigenvalue weighted by Gasteiger charge is 2.63. The van der Waals surface area contributed by atoms with Gasteiger partial charge in [0.1, 0.15) is 5.75 Å². The molecule has 1 aromatic rings. The fourth-order valence-electron chi connectivity index (χ4n) is 7.75. The zero-order valence-electron chi connectivity index (χ0n) is 19.0. The molecule has 4 rings (SSSR count). The van der Waals surface area contributed by atoms with Gasteiger partial charge >= 0.3 is 0 Å². The van der Waals surface area contributed by atoms with Crippen molar-refractivity contribution in [1.29, 1.82) is 0 Å². The van der Waals surface area contributed by atoms with E-state index in [4.69, 9.17) is 0 Å². The summed E-state index contributed by atoms with van der Waals surface area (Å²) in [6, 6.07) is 6.07. The molecule has 1 unspecified atom stereocenters. The van der Waals surface area contributed by atoms with Crippen molar-refractivity contribution in [3.8, 4) is 5.75 Å². The molecular formula is C27H41NO2. The van der Waals surface area contributed by atoms with Crippen LogP contribution in [0.2, 0.25) is 0 Å². The van der Waals surface area contributed by atoms with Crippen molar-refractivity contribution >= 4 is 0 Å². The number of allylic oxidation sites excluding steroid dienone is 1. The Kier molecular flexibility index (Phi) is 6.33. The van der Waals surface area contributed by atoms with E-state index in [1.165, 1.54) is 43.2 Å². The lowest BCUT2D eigenvalue weighted by Crippen LogP contribution is -2.54. The number of aryl methyl sites for hydroxylation is 1. The first kappa shape index (κ1) is 21.9. The number of hydrogen-bond acceptors (Lipinski definition) is 3. The van der Waals surface area contributed by atoms with E-state index in [1.54, 1.807) is 0 Å². The van der Waals surface area contributed by atoms with E-state index >= 15 is 0 Å². The van der Waals surface area contributed by atoms with Gasteiger partial charge in [0, 0.05) is 0 Å². The van der Waals surface area contributed by atoms with Gasteiger partial charge in [0.25, 0.3) is 0 Å². The molecule has 3 heteroatoms. The SMILES string of the molecule is C=CC12CCc3cc(O)ccc3[C@H]1[C@@H](CCCCCCNC)C[C@]1(C)[C@@H](O)CC[C@@H]21. The molecule has 0 saturated heterocycles. The van der Waals surface area contributed by atoms with Crippen LogP contribution in [0.3, 0.4) is 0 Å². The number of aliphatic hydroxyl groups excluding tert-OH is 1. The number of fused-ring (bicyclic) bond motifs is 5. The Morgan fingerprint density at radius 3 is 2.77 bits per heavy atom. The van der Waals surface area contributed by atoms with Gasteiger partial charge in [0.2, 0.25) is 0 Å². The Bertz CT molecular complexity index is 761. The monoisotopic (exact) mass is 411 g/mol. The van der Waals surface area contributed by atoms with Gasteiger partial charge in [-0.15, -0.1) is 6.58 Å². The van der Waals surface area contributed by atoms with Gasteiger partial charge in [-0.05, 0) is 110 Å². The van der Waals surface area contributed by atoms with E-state index in [0.29, 0.717) is 23.5 Å². The lowest BCUT2D eigenvalue weighted by atomic mass is 9.44. The number of aliphatic hydroxyl groups is 1. The zero-order valence-corrected chi connectivity index (χ0v) is 19.0. The van der Waals surface area contributed by atoms with Gasteiger partial charge in [-0.25, -0.2) is 0 Å². The summed E-state index contributed by atoms with van der Waals surface area (Å²) >= 11 is 0. The van der Waals surface area contributed by atoms with Gasteiger partial charge in [-0.3, -0.25) is 0 Å². The molecule has 0 bridgehead atoms. The number of phenols is 1. The summed E-state index contributed by atoms with van der Waals surface area (Å²) in [4.78, 5) is 0. The predicted octanol–water partition coefficient (Wildman–Crippen LogP) is 5.56. The van der Waals surface area contributed by atoms with E-state index in [0.717, 1.165) is 38.6 Å². The first-order valence-corrected chi connectivity index (χ1v) is 12.2. The van der Waals surface area contributed by atoms with Crippen LogP contribution >= 0.6 is 0 Å². The number of aromatic hydroxyl groups is 1. The fourth-order valence-corrected chi connectivity index (χ4v) is 7.75. The van der Waals surface area contributed by atoms with Crippen LogP contribution in [0.15, 0.2) is 30.9 Å². The Morgan fingerprint density at radius 2 is 2.00 bits per heavy atom. The summed E-state index contributed by atoms with van der Waals surface area (Å²) in [5.41, 5.74) is 2.86. The predicted molar refractivity (Wildman–Crippen MR) is 124 cm³/mol. The van der Waals surface area contributed by atoms with Gasteiger partial charge in [0.15, 0.2) is 0 Å². The summed E-state index contributed by atoms with van der Waals surface area (Å²) in [6.07, 6.45) is 13.7. The summed E-state index contributed by atoms with van der Waals surface area (Å²) in [5.74, 6) is 1.94. The van der Waals surface area contributed by atoms with E-state index in [2.05, 4.69) is 31.0 Å². The lowest BCUT2D eigenvalue weighted by Gasteiger charge is -2.60. The van der Waals surface area contributed by atoms with Crippen molar-refractivity contribution < 1.29 is 10.2 Å². The number of nitrogens with one attached hydrogen (secondary N) is 1. The molecule has 2 saturated carbocycles. The summed E-state index contributed by atoms with van der Waals surface area (Å²) in [7, 11) is 2.03. The number of unbranched alkanes of at least 4 members (excludes halogenated alkanes) is 3. The third kappa shape index (κ3) is 3.52. The molecule has 0 heterocycles. The molecule has 166 valence electrons. The molecule has 0 radical (unpaired) electrons. The minimum atomic E-state index is -0.181. The molecule has 0 spiro atoms. The summed E-state index contributed by atoms with van der Waals surface area (Å²) in [5, 5.41) is 24.4. The highest BCUT2D eigenvalue weighted by molar-refractivity contribution is 5.43. The first-order chi connectivity index (χ1) is 14.5. The number of phenolic OH excluding ortho intramolecular Hbond substituents is 1. The molecule has 0 aliphatic heterocycles. The van der Waals surface area contributed by atoms with Crippen LogP contribution in [0.1, 0.15) is 81.8 Å². The van der Waals surface area contributed by atoms with Crippen molar-refractivity contribution in [3.63, 3.8) is 0 Å². The van der Waals surface area contributed by atoms with Crippen LogP contribution in [0.4, 0.5) is 0 Å². The largest absolute Gasteiger partial charge is 0.508 e. The third-order valence-corrected chi connectivity index (χ3v) is 9.11. The second-order valence-corrected chi connectivity index (χ2v) is 10.6. The molecule has 3 nitrogen and oxygen atoms in total. The van der Waals surface area contributed by atoms with Crippen LogP contribution in [0.5, 0.6) is 5.75 Å². The zero-order chi connectivity index (χ0) is 21.4. The highest BCUT2D eigenvalue weighted by Crippen LogP contribution is 2.69.